The van der Waals surface area contributed by atoms with E-state index >= 15 is 0 Å². The molecule has 0 aliphatic carbocycles. The number of benzene rings is 2. The Balaban J connectivity index is 1.56. The maximum absolute atomic E-state index is 10.2. The van der Waals surface area contributed by atoms with Gasteiger partial charge in [-0.3, -0.25) is 0 Å². The molecular formula is C24H36N2O. The second kappa shape index (κ2) is 13.2. The molecule has 2 rings (SSSR count). The molecule has 0 fully saturated rings. The van der Waals surface area contributed by atoms with Crippen LogP contribution in [0.15, 0.2) is 54.6 Å². The maximum atomic E-state index is 10.2. The van der Waals surface area contributed by atoms with Crippen molar-refractivity contribution in [2.24, 2.45) is 0 Å². The Morgan fingerprint density at radius 3 is 1.93 bits per heavy atom. The monoisotopic (exact) mass is 368 g/mol. The van der Waals surface area contributed by atoms with Gasteiger partial charge in [0.2, 0.25) is 0 Å². The molecule has 3 nitrogen and oxygen atoms in total. The highest BCUT2D eigenvalue weighted by Crippen LogP contribution is 2.19. The molecule has 3 N–H and O–H groups in total. The van der Waals surface area contributed by atoms with Gasteiger partial charge in [-0.25, -0.2) is 0 Å². The van der Waals surface area contributed by atoms with Crippen molar-refractivity contribution in [1.29, 1.82) is 0 Å². The molecule has 2 aromatic carbocycles. The fraction of sp³-hybridized carbons (Fsp3) is 0.500. The fourth-order valence-electron chi connectivity index (χ4n) is 3.21. The number of hydrogen-bond donors (Lipinski definition) is 3. The van der Waals surface area contributed by atoms with E-state index in [9.17, 15) is 5.11 Å². The van der Waals surface area contributed by atoms with E-state index in [2.05, 4.69) is 29.7 Å². The first-order chi connectivity index (χ1) is 13.3. The SMILES string of the molecule is CCCCCCCCCCC(O)CNc1ccc(Nc2ccccc2)cc1. The van der Waals surface area contributed by atoms with Crippen molar-refractivity contribution < 1.29 is 5.11 Å². The van der Waals surface area contributed by atoms with E-state index in [1.807, 2.05) is 42.5 Å². The number of rotatable bonds is 14. The average molecular weight is 369 g/mol. The van der Waals surface area contributed by atoms with Gasteiger partial charge in [0.05, 0.1) is 6.10 Å². The molecule has 3 heteroatoms. The second-order valence-corrected chi connectivity index (χ2v) is 7.37. The topological polar surface area (TPSA) is 44.3 Å². The molecule has 0 radical (unpaired) electrons. The van der Waals surface area contributed by atoms with E-state index < -0.39 is 0 Å². The van der Waals surface area contributed by atoms with Crippen molar-refractivity contribution in [2.75, 3.05) is 17.2 Å². The third kappa shape index (κ3) is 9.48. The first-order valence-corrected chi connectivity index (χ1v) is 10.6. The first kappa shape index (κ1) is 21.3. The molecule has 2 aromatic rings. The van der Waals surface area contributed by atoms with Gasteiger partial charge < -0.3 is 15.7 Å². The Morgan fingerprint density at radius 1 is 0.704 bits per heavy atom. The number of aliphatic hydroxyl groups is 1. The van der Waals surface area contributed by atoms with Crippen molar-refractivity contribution in [1.82, 2.24) is 0 Å². The third-order valence-corrected chi connectivity index (χ3v) is 4.88. The summed E-state index contributed by atoms with van der Waals surface area (Å²) >= 11 is 0. The van der Waals surface area contributed by atoms with Crippen LogP contribution in [0.2, 0.25) is 0 Å². The van der Waals surface area contributed by atoms with E-state index in [1.165, 1.54) is 44.9 Å². The van der Waals surface area contributed by atoms with Gasteiger partial charge >= 0.3 is 0 Å². The number of anilines is 3. The summed E-state index contributed by atoms with van der Waals surface area (Å²) in [4.78, 5) is 0. The molecule has 0 heterocycles. The minimum absolute atomic E-state index is 0.271. The van der Waals surface area contributed by atoms with Gasteiger partial charge in [0.15, 0.2) is 0 Å². The number of para-hydroxylation sites is 1. The normalized spacial score (nSPS) is 11.9. The summed E-state index contributed by atoms with van der Waals surface area (Å²) in [6.07, 6.45) is 11.0. The van der Waals surface area contributed by atoms with Crippen LogP contribution >= 0.6 is 0 Å². The maximum Gasteiger partial charge on any atom is 0.0712 e. The molecule has 0 aromatic heterocycles. The van der Waals surface area contributed by atoms with Crippen LogP contribution in [0.3, 0.4) is 0 Å². The predicted molar refractivity (Wildman–Crippen MR) is 118 cm³/mol. The summed E-state index contributed by atoms with van der Waals surface area (Å²) in [6, 6.07) is 18.4. The van der Waals surface area contributed by atoms with Crippen LogP contribution in [0.25, 0.3) is 0 Å². The Kier molecular flexibility index (Phi) is 10.4. The summed E-state index contributed by atoms with van der Waals surface area (Å²) in [6.45, 7) is 2.87. The number of aliphatic hydroxyl groups excluding tert-OH is 1. The molecule has 0 bridgehead atoms. The van der Waals surface area contributed by atoms with Crippen molar-refractivity contribution in [3.8, 4) is 0 Å². The Labute approximate surface area is 165 Å². The highest BCUT2D eigenvalue weighted by molar-refractivity contribution is 5.62. The van der Waals surface area contributed by atoms with Gasteiger partial charge in [-0.05, 0) is 42.8 Å². The summed E-state index contributed by atoms with van der Waals surface area (Å²) in [5.74, 6) is 0. The van der Waals surface area contributed by atoms with Gasteiger partial charge in [-0.2, -0.15) is 0 Å². The lowest BCUT2D eigenvalue weighted by Gasteiger charge is -2.13. The zero-order valence-electron chi connectivity index (χ0n) is 16.8. The van der Waals surface area contributed by atoms with Crippen molar-refractivity contribution in [2.45, 2.75) is 70.8 Å². The summed E-state index contributed by atoms with van der Waals surface area (Å²) in [5.41, 5.74) is 3.19. The van der Waals surface area contributed by atoms with Gasteiger partial charge in [0.25, 0.3) is 0 Å². The van der Waals surface area contributed by atoms with E-state index in [4.69, 9.17) is 0 Å². The molecular weight excluding hydrogens is 332 g/mol. The zero-order valence-corrected chi connectivity index (χ0v) is 16.8. The van der Waals surface area contributed by atoms with E-state index in [-0.39, 0.29) is 6.10 Å². The quantitative estimate of drug-likeness (QED) is 0.324. The fourth-order valence-corrected chi connectivity index (χ4v) is 3.21. The lowest BCUT2D eigenvalue weighted by atomic mass is 10.1. The van der Waals surface area contributed by atoms with Crippen molar-refractivity contribution in [3.05, 3.63) is 54.6 Å². The van der Waals surface area contributed by atoms with E-state index in [0.29, 0.717) is 6.54 Å². The number of unbranched alkanes of at least 4 members (excludes halogenated alkanes) is 7. The Bertz CT molecular complexity index is 598. The van der Waals surface area contributed by atoms with Crippen LogP contribution in [0.4, 0.5) is 17.1 Å². The summed E-state index contributed by atoms with van der Waals surface area (Å²) < 4.78 is 0. The molecule has 0 aliphatic rings. The summed E-state index contributed by atoms with van der Waals surface area (Å²) in [5, 5.41) is 16.9. The molecule has 0 saturated heterocycles. The molecule has 0 amide bonds. The molecule has 0 spiro atoms. The number of hydrogen-bond acceptors (Lipinski definition) is 3. The van der Waals surface area contributed by atoms with Crippen molar-refractivity contribution in [3.63, 3.8) is 0 Å². The molecule has 0 saturated carbocycles. The predicted octanol–water partition coefficient (Wildman–Crippen LogP) is 6.73. The molecule has 148 valence electrons. The van der Waals surface area contributed by atoms with Crippen molar-refractivity contribution >= 4 is 17.1 Å². The highest BCUT2D eigenvalue weighted by Gasteiger charge is 2.04. The third-order valence-electron chi connectivity index (χ3n) is 4.88. The van der Waals surface area contributed by atoms with Crippen LogP contribution < -0.4 is 10.6 Å². The van der Waals surface area contributed by atoms with Crippen LogP contribution in [-0.2, 0) is 0 Å². The minimum atomic E-state index is -0.271. The summed E-state index contributed by atoms with van der Waals surface area (Å²) in [7, 11) is 0. The Morgan fingerprint density at radius 2 is 1.26 bits per heavy atom. The first-order valence-electron chi connectivity index (χ1n) is 10.6. The number of nitrogens with one attached hydrogen (secondary N) is 2. The average Bonchev–Trinajstić information content (AvgIpc) is 2.70. The van der Waals surface area contributed by atoms with E-state index in [1.54, 1.807) is 0 Å². The Hall–Kier alpha value is -2.00. The van der Waals surface area contributed by atoms with Crippen LogP contribution in [0, 0.1) is 0 Å². The molecule has 0 aliphatic heterocycles. The largest absolute Gasteiger partial charge is 0.391 e. The lowest BCUT2D eigenvalue weighted by Crippen LogP contribution is -2.19. The second-order valence-electron chi connectivity index (χ2n) is 7.37. The molecule has 27 heavy (non-hydrogen) atoms. The van der Waals surface area contributed by atoms with Gasteiger partial charge in [0.1, 0.15) is 0 Å². The van der Waals surface area contributed by atoms with Gasteiger partial charge in [0, 0.05) is 23.6 Å². The smallest absolute Gasteiger partial charge is 0.0712 e. The highest BCUT2D eigenvalue weighted by atomic mass is 16.3. The zero-order chi connectivity index (χ0) is 19.2. The standard InChI is InChI=1S/C24H36N2O/c1-2-3-4-5-6-7-8-12-15-24(27)20-25-21-16-18-23(19-17-21)26-22-13-10-9-11-14-22/h9-11,13-14,16-19,24-27H,2-8,12,15,20H2,1H3. The molecule has 1 atom stereocenters. The lowest BCUT2D eigenvalue weighted by molar-refractivity contribution is 0.173. The van der Waals surface area contributed by atoms with Crippen LogP contribution in [0.5, 0.6) is 0 Å². The van der Waals surface area contributed by atoms with Gasteiger partial charge in [-0.1, -0.05) is 76.5 Å². The molecule has 1 unspecified atom stereocenters. The van der Waals surface area contributed by atoms with E-state index in [0.717, 1.165) is 29.9 Å². The van der Waals surface area contributed by atoms with Crippen LogP contribution in [-0.4, -0.2) is 17.8 Å². The van der Waals surface area contributed by atoms with Gasteiger partial charge in [-0.15, -0.1) is 0 Å². The van der Waals surface area contributed by atoms with Crippen LogP contribution in [0.1, 0.15) is 64.7 Å². The minimum Gasteiger partial charge on any atom is -0.391 e.